The summed E-state index contributed by atoms with van der Waals surface area (Å²) in [5.41, 5.74) is 1.61. The minimum Gasteiger partial charge on any atom is -0.363 e. The van der Waals surface area contributed by atoms with Gasteiger partial charge < -0.3 is 14.2 Å². The average molecular weight is 358 g/mol. The van der Waals surface area contributed by atoms with Gasteiger partial charge in [-0.2, -0.15) is 0 Å². The minimum absolute atomic E-state index is 0.0699. The van der Waals surface area contributed by atoms with E-state index >= 15 is 0 Å². The number of anilines is 1. The average Bonchev–Trinajstić information content (AvgIpc) is 3.05. The number of benzene rings is 1. The first kappa shape index (κ1) is 17.2. The normalized spacial score (nSPS) is 20.7. The van der Waals surface area contributed by atoms with Crippen molar-refractivity contribution >= 4 is 11.6 Å². The number of morpholine rings is 1. The highest BCUT2D eigenvalue weighted by atomic mass is 19.1. The molecule has 0 bridgehead atoms. The topological polar surface area (TPSA) is 50.6 Å². The van der Waals surface area contributed by atoms with Gasteiger partial charge in [0.1, 0.15) is 12.4 Å². The van der Waals surface area contributed by atoms with Gasteiger partial charge in [-0.05, 0) is 37.1 Å². The fourth-order valence-corrected chi connectivity index (χ4v) is 3.76. The second kappa shape index (κ2) is 6.81. The summed E-state index contributed by atoms with van der Waals surface area (Å²) in [6.45, 7) is 3.30. The van der Waals surface area contributed by atoms with Crippen LogP contribution in [0.1, 0.15) is 18.5 Å². The minimum atomic E-state index is -0.314. The monoisotopic (exact) mass is 358 g/mol. The van der Waals surface area contributed by atoms with Gasteiger partial charge in [-0.15, -0.1) is 0 Å². The number of rotatable bonds is 3. The molecule has 138 valence electrons. The van der Waals surface area contributed by atoms with Crippen molar-refractivity contribution in [3.05, 3.63) is 48.3 Å². The lowest BCUT2D eigenvalue weighted by Crippen LogP contribution is -2.58. The maximum atomic E-state index is 13.2. The van der Waals surface area contributed by atoms with Gasteiger partial charge in [-0.25, -0.2) is 9.37 Å². The molecule has 2 saturated heterocycles. The second-order valence-corrected chi connectivity index (χ2v) is 7.20. The van der Waals surface area contributed by atoms with E-state index in [1.165, 1.54) is 17.8 Å². The first-order valence-corrected chi connectivity index (χ1v) is 8.92. The molecule has 0 atom stereocenters. The van der Waals surface area contributed by atoms with E-state index in [0.717, 1.165) is 38.2 Å². The summed E-state index contributed by atoms with van der Waals surface area (Å²) >= 11 is 0. The molecule has 0 N–H and O–H groups in total. The number of piperidine rings is 1. The maximum Gasteiger partial charge on any atom is 0.253 e. The summed E-state index contributed by atoms with van der Waals surface area (Å²) in [7, 11) is 2.00. The Labute approximate surface area is 152 Å². The first-order valence-electron chi connectivity index (χ1n) is 8.92. The number of aromatic nitrogens is 2. The molecule has 2 aliphatic heterocycles. The van der Waals surface area contributed by atoms with Gasteiger partial charge in [-0.3, -0.25) is 9.69 Å². The third-order valence-corrected chi connectivity index (χ3v) is 5.46. The Balaban J connectivity index is 1.42. The molecule has 2 aliphatic rings. The molecule has 0 radical (unpaired) electrons. The molecule has 0 aliphatic carbocycles. The fourth-order valence-electron chi connectivity index (χ4n) is 3.76. The SMILES string of the molecule is Cn1cncc1CN1CCC2(CC1)CN(c1ccc(F)cc1)C(=O)CO2. The molecular formula is C19H23FN4O2. The van der Waals surface area contributed by atoms with E-state index < -0.39 is 0 Å². The zero-order valence-electron chi connectivity index (χ0n) is 14.9. The van der Waals surface area contributed by atoms with Gasteiger partial charge in [0, 0.05) is 38.6 Å². The van der Waals surface area contributed by atoms with Crippen LogP contribution in [0.25, 0.3) is 0 Å². The van der Waals surface area contributed by atoms with Crippen LogP contribution in [-0.4, -0.2) is 52.2 Å². The molecule has 0 saturated carbocycles. The molecule has 26 heavy (non-hydrogen) atoms. The van der Waals surface area contributed by atoms with Crippen molar-refractivity contribution in [2.75, 3.05) is 31.1 Å². The molecule has 7 heteroatoms. The number of nitrogens with zero attached hydrogens (tertiary/aromatic N) is 4. The summed E-state index contributed by atoms with van der Waals surface area (Å²) in [5.74, 6) is -0.368. The van der Waals surface area contributed by atoms with Gasteiger partial charge >= 0.3 is 0 Å². The Morgan fingerprint density at radius 3 is 2.62 bits per heavy atom. The highest BCUT2D eigenvalue weighted by Crippen LogP contribution is 2.33. The van der Waals surface area contributed by atoms with E-state index in [-0.39, 0.29) is 23.9 Å². The van der Waals surface area contributed by atoms with Crippen LogP contribution in [0.5, 0.6) is 0 Å². The molecule has 4 rings (SSSR count). The van der Waals surface area contributed by atoms with Crippen LogP contribution in [-0.2, 0) is 23.1 Å². The largest absolute Gasteiger partial charge is 0.363 e. The van der Waals surface area contributed by atoms with Crippen molar-refractivity contribution in [3.63, 3.8) is 0 Å². The van der Waals surface area contributed by atoms with Gasteiger partial charge in [0.15, 0.2) is 0 Å². The third kappa shape index (κ3) is 3.37. The van der Waals surface area contributed by atoms with Gasteiger partial charge in [0.2, 0.25) is 0 Å². The number of aryl methyl sites for hydroxylation is 1. The summed E-state index contributed by atoms with van der Waals surface area (Å²) in [6.07, 6.45) is 5.46. The van der Waals surface area contributed by atoms with E-state index in [2.05, 4.69) is 9.88 Å². The third-order valence-electron chi connectivity index (χ3n) is 5.46. The number of imidazole rings is 1. The Morgan fingerprint density at radius 2 is 1.96 bits per heavy atom. The van der Waals surface area contributed by atoms with Crippen molar-refractivity contribution in [1.82, 2.24) is 14.5 Å². The fraction of sp³-hybridized carbons (Fsp3) is 0.474. The molecule has 1 aromatic heterocycles. The number of halogens is 1. The number of ether oxygens (including phenoxy) is 1. The number of amides is 1. The van der Waals surface area contributed by atoms with Crippen molar-refractivity contribution < 1.29 is 13.9 Å². The predicted octanol–water partition coefficient (Wildman–Crippen LogP) is 1.96. The van der Waals surface area contributed by atoms with E-state index in [1.54, 1.807) is 17.0 Å². The lowest BCUT2D eigenvalue weighted by atomic mass is 9.89. The molecule has 1 aromatic carbocycles. The molecule has 6 nitrogen and oxygen atoms in total. The first-order chi connectivity index (χ1) is 12.5. The molecule has 0 unspecified atom stereocenters. The molecule has 2 fully saturated rings. The number of carbonyl (C=O) groups excluding carboxylic acids is 1. The summed E-state index contributed by atoms with van der Waals surface area (Å²) in [4.78, 5) is 20.6. The van der Waals surface area contributed by atoms with Gasteiger partial charge in [-0.1, -0.05) is 0 Å². The lowest BCUT2D eigenvalue weighted by Gasteiger charge is -2.47. The Kier molecular flexibility index (Phi) is 4.50. The van der Waals surface area contributed by atoms with Crippen LogP contribution in [0.15, 0.2) is 36.8 Å². The van der Waals surface area contributed by atoms with Crippen molar-refractivity contribution in [1.29, 1.82) is 0 Å². The number of hydrogen-bond donors (Lipinski definition) is 0. The zero-order valence-corrected chi connectivity index (χ0v) is 14.9. The van der Waals surface area contributed by atoms with Crippen LogP contribution in [0.4, 0.5) is 10.1 Å². The Morgan fingerprint density at radius 1 is 1.23 bits per heavy atom. The van der Waals surface area contributed by atoms with Gasteiger partial charge in [0.25, 0.3) is 5.91 Å². The van der Waals surface area contributed by atoms with Crippen LogP contribution in [0, 0.1) is 5.82 Å². The van der Waals surface area contributed by atoms with Crippen LogP contribution in [0.2, 0.25) is 0 Å². The highest BCUT2D eigenvalue weighted by molar-refractivity contribution is 5.95. The zero-order chi connectivity index (χ0) is 18.1. The maximum absolute atomic E-state index is 13.2. The van der Waals surface area contributed by atoms with Crippen molar-refractivity contribution in [2.45, 2.75) is 25.0 Å². The Hall–Kier alpha value is -2.25. The number of hydrogen-bond acceptors (Lipinski definition) is 4. The van der Waals surface area contributed by atoms with Crippen LogP contribution >= 0.6 is 0 Å². The molecule has 1 spiro atoms. The smallest absolute Gasteiger partial charge is 0.253 e. The summed E-state index contributed by atoms with van der Waals surface area (Å²) in [5, 5.41) is 0. The van der Waals surface area contributed by atoms with Crippen LogP contribution in [0.3, 0.4) is 0 Å². The second-order valence-electron chi connectivity index (χ2n) is 7.20. The highest BCUT2D eigenvalue weighted by Gasteiger charge is 2.42. The number of likely N-dealkylation sites (tertiary alicyclic amines) is 1. The van der Waals surface area contributed by atoms with Crippen molar-refractivity contribution in [2.24, 2.45) is 7.05 Å². The van der Waals surface area contributed by atoms with E-state index in [4.69, 9.17) is 4.74 Å². The van der Waals surface area contributed by atoms with Crippen LogP contribution < -0.4 is 4.90 Å². The van der Waals surface area contributed by atoms with Crippen molar-refractivity contribution in [3.8, 4) is 0 Å². The number of carbonyl (C=O) groups is 1. The standard InChI is InChI=1S/C19H23FN4O2/c1-22-14-21-10-17(22)11-23-8-6-19(7-9-23)13-24(18(25)12-26-19)16-4-2-15(20)3-5-16/h2-5,10,14H,6-9,11-13H2,1H3. The molecular weight excluding hydrogens is 335 g/mol. The lowest BCUT2D eigenvalue weighted by molar-refractivity contribution is -0.145. The summed E-state index contributed by atoms with van der Waals surface area (Å²) < 4.78 is 21.2. The van der Waals surface area contributed by atoms with E-state index in [9.17, 15) is 9.18 Å². The molecule has 1 amide bonds. The van der Waals surface area contributed by atoms with E-state index in [1.807, 2.05) is 24.1 Å². The molecule has 2 aromatic rings. The predicted molar refractivity (Wildman–Crippen MR) is 95.2 cm³/mol. The summed E-state index contributed by atoms with van der Waals surface area (Å²) in [6, 6.07) is 6.09. The Bertz CT molecular complexity index is 781. The van der Waals surface area contributed by atoms with Gasteiger partial charge in [0.05, 0.1) is 24.2 Å². The van der Waals surface area contributed by atoms with E-state index in [0.29, 0.717) is 6.54 Å². The quantitative estimate of drug-likeness (QED) is 0.842. The molecule has 3 heterocycles.